The average molecular weight is 360 g/mol. The molecule has 4 aliphatic carbocycles. The van der Waals surface area contributed by atoms with Gasteiger partial charge in [-0.3, -0.25) is 9.59 Å². The summed E-state index contributed by atoms with van der Waals surface area (Å²) in [7, 11) is 1.80. The third kappa shape index (κ3) is 1.83. The number of Topliss-reactive ketones (excluding diaryl/α,β-unsaturated/α-hetero) is 2. The first-order chi connectivity index (χ1) is 12.4. The summed E-state index contributed by atoms with van der Waals surface area (Å²) in [4.78, 5) is 24.6. The molecule has 0 aromatic rings. The second-order valence-corrected chi connectivity index (χ2v) is 10.2. The predicted octanol–water partition coefficient (Wildman–Crippen LogP) is 3.56. The Morgan fingerprint density at radius 1 is 1.19 bits per heavy atom. The zero-order valence-electron chi connectivity index (χ0n) is 16.4. The van der Waals surface area contributed by atoms with Gasteiger partial charge in [0.25, 0.3) is 0 Å². The highest BCUT2D eigenvalue weighted by Gasteiger charge is 2.73. The summed E-state index contributed by atoms with van der Waals surface area (Å²) in [5, 5.41) is 0. The largest absolute Gasteiger partial charge is 0.374 e. The third-order valence-corrected chi connectivity index (χ3v) is 9.70. The van der Waals surface area contributed by atoms with Gasteiger partial charge in [0.05, 0.1) is 12.7 Å². The van der Waals surface area contributed by atoms with Crippen molar-refractivity contribution in [1.29, 1.82) is 0 Å². The summed E-state index contributed by atoms with van der Waals surface area (Å²) in [6, 6.07) is 0. The van der Waals surface area contributed by atoms with E-state index < -0.39 is 5.60 Å². The van der Waals surface area contributed by atoms with Gasteiger partial charge in [-0.25, -0.2) is 0 Å². The van der Waals surface area contributed by atoms with Gasteiger partial charge in [-0.15, -0.1) is 0 Å². The minimum absolute atomic E-state index is 0.0128. The van der Waals surface area contributed by atoms with Crippen LogP contribution in [0, 0.1) is 34.5 Å². The van der Waals surface area contributed by atoms with E-state index in [1.54, 1.807) is 14.0 Å². The average Bonchev–Trinajstić information content (AvgIpc) is 3.06. The van der Waals surface area contributed by atoms with Gasteiger partial charge in [0.2, 0.25) is 0 Å². The summed E-state index contributed by atoms with van der Waals surface area (Å²) in [6.07, 6.45) is 7.76. The first-order valence-electron chi connectivity index (χ1n) is 10.6. The van der Waals surface area contributed by atoms with E-state index in [1.165, 1.54) is 6.42 Å². The lowest BCUT2D eigenvalue weighted by atomic mass is 9.43. The van der Waals surface area contributed by atoms with E-state index in [9.17, 15) is 9.59 Å². The first kappa shape index (κ1) is 17.4. The van der Waals surface area contributed by atoms with Gasteiger partial charge in [-0.05, 0) is 68.6 Å². The molecule has 1 heterocycles. The van der Waals surface area contributed by atoms with Gasteiger partial charge < -0.3 is 9.47 Å². The van der Waals surface area contributed by atoms with Crippen LogP contribution in [0.5, 0.6) is 0 Å². The minimum Gasteiger partial charge on any atom is -0.374 e. The molecule has 4 heteroatoms. The maximum absolute atomic E-state index is 12.3. The molecule has 0 spiro atoms. The van der Waals surface area contributed by atoms with Gasteiger partial charge >= 0.3 is 0 Å². The second kappa shape index (κ2) is 5.41. The Labute approximate surface area is 156 Å². The van der Waals surface area contributed by atoms with Gasteiger partial charge in [0, 0.05) is 31.3 Å². The maximum atomic E-state index is 12.3. The molecule has 0 aromatic carbocycles. The molecule has 1 aliphatic heterocycles. The summed E-state index contributed by atoms with van der Waals surface area (Å²) in [5.41, 5.74) is -0.213. The van der Waals surface area contributed by atoms with Crippen LogP contribution in [0.15, 0.2) is 0 Å². The molecule has 5 aliphatic rings. The number of rotatable bonds is 2. The lowest BCUT2D eigenvalue weighted by molar-refractivity contribution is -0.210. The van der Waals surface area contributed by atoms with Crippen molar-refractivity contribution in [3.63, 3.8) is 0 Å². The molecular formula is C22H32O4. The Bertz CT molecular complexity index is 659. The maximum Gasteiger partial charge on any atom is 0.135 e. The highest BCUT2D eigenvalue weighted by atomic mass is 16.6. The molecule has 5 rings (SSSR count). The van der Waals surface area contributed by atoms with E-state index in [-0.39, 0.29) is 22.9 Å². The van der Waals surface area contributed by atoms with Crippen LogP contribution in [-0.4, -0.2) is 37.0 Å². The number of ketones is 2. The molecule has 5 fully saturated rings. The van der Waals surface area contributed by atoms with E-state index in [0.717, 1.165) is 38.7 Å². The number of fused-ring (bicyclic) bond motifs is 3. The van der Waals surface area contributed by atoms with Crippen molar-refractivity contribution >= 4 is 11.6 Å². The highest BCUT2D eigenvalue weighted by molar-refractivity contribution is 5.81. The molecule has 144 valence electrons. The number of methoxy groups -OCH3 is 1. The molecular weight excluding hydrogens is 328 g/mol. The Hall–Kier alpha value is -0.740. The van der Waals surface area contributed by atoms with Crippen LogP contribution in [0.1, 0.15) is 65.2 Å². The minimum atomic E-state index is -0.393. The van der Waals surface area contributed by atoms with Crippen LogP contribution in [0.25, 0.3) is 0 Å². The fourth-order valence-electron chi connectivity index (χ4n) is 8.63. The van der Waals surface area contributed by atoms with Gasteiger partial charge in [0.15, 0.2) is 0 Å². The predicted molar refractivity (Wildman–Crippen MR) is 96.6 cm³/mol. The standard InChI is InChI=1S/C22H32O4/c1-13(23)16-4-5-17-15-10-19-22(25-3)11-14(24)6-9-21(22,12-26-19)18(15)7-8-20(16,17)2/h15-19H,4-12H2,1-3H3/t15-,16+,17-,18-,19+,20+,21-,22-/m0/s1. The van der Waals surface area contributed by atoms with Gasteiger partial charge in [-0.2, -0.15) is 0 Å². The van der Waals surface area contributed by atoms with E-state index in [2.05, 4.69) is 6.92 Å². The van der Waals surface area contributed by atoms with Gasteiger partial charge in [-0.1, -0.05) is 6.92 Å². The van der Waals surface area contributed by atoms with Crippen molar-refractivity contribution < 1.29 is 19.1 Å². The van der Waals surface area contributed by atoms with Crippen LogP contribution in [0.3, 0.4) is 0 Å². The quantitative estimate of drug-likeness (QED) is 0.755. The van der Waals surface area contributed by atoms with Crippen LogP contribution in [0.2, 0.25) is 0 Å². The number of hydrogen-bond donors (Lipinski definition) is 0. The number of carbonyl (C=O) groups is 2. The summed E-state index contributed by atoms with van der Waals surface area (Å²) in [5.74, 6) is 2.81. The molecule has 0 N–H and O–H groups in total. The van der Waals surface area contributed by atoms with Crippen LogP contribution in [0.4, 0.5) is 0 Å². The SMILES string of the molecule is CO[C@]12CC(=O)CC[C@@]13CO[C@@H]2C[C@H]1[C@@H]2CC[C@H](C(C)=O)[C@@]2(C)CC[C@@H]13. The molecule has 0 amide bonds. The van der Waals surface area contributed by atoms with E-state index in [4.69, 9.17) is 9.47 Å². The van der Waals surface area contributed by atoms with Crippen molar-refractivity contribution in [2.75, 3.05) is 13.7 Å². The van der Waals surface area contributed by atoms with Crippen molar-refractivity contribution in [2.24, 2.45) is 34.5 Å². The number of ether oxygens (including phenoxy) is 2. The van der Waals surface area contributed by atoms with E-state index in [1.807, 2.05) is 0 Å². The fourth-order valence-corrected chi connectivity index (χ4v) is 8.63. The molecule has 4 nitrogen and oxygen atoms in total. The van der Waals surface area contributed by atoms with E-state index >= 15 is 0 Å². The van der Waals surface area contributed by atoms with Gasteiger partial charge in [0.1, 0.15) is 17.2 Å². The van der Waals surface area contributed by atoms with Crippen LogP contribution < -0.4 is 0 Å². The van der Waals surface area contributed by atoms with E-state index in [0.29, 0.717) is 42.2 Å². The summed E-state index contributed by atoms with van der Waals surface area (Å²) < 4.78 is 12.5. The molecule has 0 unspecified atom stereocenters. The number of carbonyl (C=O) groups excluding carboxylic acids is 2. The summed E-state index contributed by atoms with van der Waals surface area (Å²) >= 11 is 0. The highest BCUT2D eigenvalue weighted by Crippen LogP contribution is 2.71. The lowest BCUT2D eigenvalue weighted by Crippen LogP contribution is -2.66. The Morgan fingerprint density at radius 3 is 2.73 bits per heavy atom. The Balaban J connectivity index is 1.55. The lowest BCUT2D eigenvalue weighted by Gasteiger charge is -2.62. The Kier molecular flexibility index (Phi) is 3.61. The summed E-state index contributed by atoms with van der Waals surface area (Å²) in [6.45, 7) is 4.94. The van der Waals surface area contributed by atoms with Crippen molar-refractivity contribution in [1.82, 2.24) is 0 Å². The van der Waals surface area contributed by atoms with Crippen molar-refractivity contribution in [2.45, 2.75) is 76.9 Å². The zero-order valence-corrected chi connectivity index (χ0v) is 16.4. The van der Waals surface area contributed by atoms with Crippen molar-refractivity contribution in [3.8, 4) is 0 Å². The monoisotopic (exact) mass is 360 g/mol. The molecule has 8 atom stereocenters. The zero-order chi connectivity index (χ0) is 18.3. The second-order valence-electron chi connectivity index (χ2n) is 10.2. The molecule has 1 saturated heterocycles. The molecule has 2 bridgehead atoms. The van der Waals surface area contributed by atoms with Crippen LogP contribution in [-0.2, 0) is 19.1 Å². The molecule has 4 saturated carbocycles. The van der Waals surface area contributed by atoms with Crippen LogP contribution >= 0.6 is 0 Å². The smallest absolute Gasteiger partial charge is 0.135 e. The Morgan fingerprint density at radius 2 is 2.00 bits per heavy atom. The molecule has 0 radical (unpaired) electrons. The van der Waals surface area contributed by atoms with Crippen molar-refractivity contribution in [3.05, 3.63) is 0 Å². The molecule has 0 aromatic heterocycles. The molecule has 26 heavy (non-hydrogen) atoms. The topological polar surface area (TPSA) is 52.6 Å². The normalized spacial score (nSPS) is 55.2. The fraction of sp³-hybridized carbons (Fsp3) is 0.909. The number of hydrogen-bond acceptors (Lipinski definition) is 4. The third-order valence-electron chi connectivity index (χ3n) is 9.70. The first-order valence-corrected chi connectivity index (χ1v) is 10.6.